The van der Waals surface area contributed by atoms with Crippen molar-refractivity contribution >= 4 is 17.6 Å². The van der Waals surface area contributed by atoms with E-state index in [4.69, 9.17) is 11.6 Å². The first-order valence-electron chi connectivity index (χ1n) is 6.02. The molecule has 20 heavy (non-hydrogen) atoms. The fraction of sp³-hybridized carbons (Fsp3) is 0.333. The van der Waals surface area contributed by atoms with Crippen molar-refractivity contribution in [2.75, 3.05) is 0 Å². The summed E-state index contributed by atoms with van der Waals surface area (Å²) in [5.74, 6) is -1.36. The monoisotopic (exact) mass is 296 g/mol. The number of carboxylic acids is 1. The van der Waals surface area contributed by atoms with Crippen molar-refractivity contribution < 1.29 is 14.3 Å². The average molecular weight is 297 g/mol. The highest BCUT2D eigenvalue weighted by Crippen LogP contribution is 2.41. The lowest BCUT2D eigenvalue weighted by Gasteiger charge is -2.37. The van der Waals surface area contributed by atoms with Gasteiger partial charge in [-0.25, -0.2) is 13.9 Å². The van der Waals surface area contributed by atoms with E-state index in [1.165, 1.54) is 16.8 Å². The molecule has 1 aromatic carbocycles. The number of nitrogens with zero attached hydrogens (tertiary/aromatic N) is 4. The minimum Gasteiger partial charge on any atom is -0.479 e. The first-order chi connectivity index (χ1) is 9.54. The molecular weight excluding hydrogens is 287 g/mol. The quantitative estimate of drug-likeness (QED) is 0.938. The molecule has 0 bridgehead atoms. The lowest BCUT2D eigenvalue weighted by atomic mass is 9.76. The van der Waals surface area contributed by atoms with E-state index in [2.05, 4.69) is 15.5 Å². The van der Waals surface area contributed by atoms with Crippen molar-refractivity contribution in [2.45, 2.75) is 24.8 Å². The van der Waals surface area contributed by atoms with Gasteiger partial charge in [0.05, 0.1) is 5.02 Å². The lowest BCUT2D eigenvalue weighted by Crippen LogP contribution is -2.48. The highest BCUT2D eigenvalue weighted by molar-refractivity contribution is 6.30. The zero-order valence-electron chi connectivity index (χ0n) is 10.3. The van der Waals surface area contributed by atoms with Gasteiger partial charge in [0.1, 0.15) is 5.82 Å². The number of carboxylic acid groups (broad SMARTS) is 1. The van der Waals surface area contributed by atoms with Crippen LogP contribution < -0.4 is 0 Å². The summed E-state index contributed by atoms with van der Waals surface area (Å²) >= 11 is 5.63. The van der Waals surface area contributed by atoms with Crippen LogP contribution in [-0.2, 0) is 10.3 Å². The number of rotatable bonds is 3. The summed E-state index contributed by atoms with van der Waals surface area (Å²) in [7, 11) is 0. The molecule has 1 aromatic heterocycles. The minimum atomic E-state index is -1.13. The Balaban J connectivity index is 2.10. The lowest BCUT2D eigenvalue weighted by molar-refractivity contribution is -0.153. The summed E-state index contributed by atoms with van der Waals surface area (Å²) < 4.78 is 14.8. The fourth-order valence-electron chi connectivity index (χ4n) is 2.32. The van der Waals surface area contributed by atoms with Crippen LogP contribution in [0.1, 0.15) is 19.3 Å². The van der Waals surface area contributed by atoms with Crippen molar-refractivity contribution in [1.82, 2.24) is 20.2 Å². The van der Waals surface area contributed by atoms with Gasteiger partial charge in [0.15, 0.2) is 11.4 Å². The Labute approximate surface area is 118 Å². The topological polar surface area (TPSA) is 80.9 Å². The molecule has 0 aliphatic heterocycles. The van der Waals surface area contributed by atoms with Crippen LogP contribution in [0.2, 0.25) is 5.02 Å². The zero-order chi connectivity index (χ0) is 14.3. The van der Waals surface area contributed by atoms with Crippen molar-refractivity contribution in [3.63, 3.8) is 0 Å². The number of aromatic nitrogens is 4. The molecule has 104 valence electrons. The van der Waals surface area contributed by atoms with Crippen molar-refractivity contribution in [3.05, 3.63) is 29.0 Å². The first-order valence-corrected chi connectivity index (χ1v) is 6.40. The van der Waals surface area contributed by atoms with Crippen molar-refractivity contribution in [2.24, 2.45) is 0 Å². The molecule has 0 saturated heterocycles. The number of hydrogen-bond acceptors (Lipinski definition) is 4. The molecule has 1 aliphatic rings. The normalized spacial score (nSPS) is 16.7. The molecule has 1 aliphatic carbocycles. The third-order valence-electron chi connectivity index (χ3n) is 3.63. The van der Waals surface area contributed by atoms with E-state index in [1.807, 2.05) is 0 Å². The van der Waals surface area contributed by atoms with Gasteiger partial charge in [0, 0.05) is 5.56 Å². The van der Waals surface area contributed by atoms with E-state index in [-0.39, 0.29) is 10.8 Å². The zero-order valence-corrected chi connectivity index (χ0v) is 11.0. The van der Waals surface area contributed by atoms with Crippen molar-refractivity contribution in [3.8, 4) is 11.4 Å². The molecule has 0 atom stereocenters. The maximum atomic E-state index is 13.5. The van der Waals surface area contributed by atoms with Gasteiger partial charge < -0.3 is 5.11 Å². The molecule has 2 aromatic rings. The number of benzene rings is 1. The maximum absolute atomic E-state index is 13.5. The Morgan fingerprint density at radius 1 is 1.45 bits per heavy atom. The summed E-state index contributed by atoms with van der Waals surface area (Å²) in [5.41, 5.74) is -0.737. The second-order valence-corrected chi connectivity index (χ2v) is 5.14. The first kappa shape index (κ1) is 13.0. The van der Waals surface area contributed by atoms with Gasteiger partial charge in [-0.05, 0) is 47.9 Å². The highest BCUT2D eigenvalue weighted by Gasteiger charge is 2.49. The third kappa shape index (κ3) is 1.77. The smallest absolute Gasteiger partial charge is 0.331 e. The van der Waals surface area contributed by atoms with Crippen LogP contribution in [0.5, 0.6) is 0 Å². The number of carbonyl (C=O) groups is 1. The van der Waals surface area contributed by atoms with Gasteiger partial charge in [-0.2, -0.15) is 0 Å². The predicted octanol–water partition coefficient (Wildman–Crippen LogP) is 2.10. The SMILES string of the molecule is O=C(O)C1(n2nnnc2-c2ccc(Cl)c(F)c2)CCC1. The second-order valence-electron chi connectivity index (χ2n) is 4.73. The Morgan fingerprint density at radius 2 is 2.20 bits per heavy atom. The van der Waals surface area contributed by atoms with E-state index in [1.54, 1.807) is 6.07 Å². The van der Waals surface area contributed by atoms with Crippen LogP contribution in [0, 0.1) is 5.82 Å². The van der Waals surface area contributed by atoms with Gasteiger partial charge in [-0.1, -0.05) is 11.6 Å². The molecule has 3 rings (SSSR count). The van der Waals surface area contributed by atoms with E-state index >= 15 is 0 Å². The molecule has 0 amide bonds. The minimum absolute atomic E-state index is 0.00985. The third-order valence-corrected chi connectivity index (χ3v) is 3.94. The van der Waals surface area contributed by atoms with Gasteiger partial charge >= 0.3 is 5.97 Å². The number of tetrazole rings is 1. The van der Waals surface area contributed by atoms with E-state index in [9.17, 15) is 14.3 Å². The molecule has 6 nitrogen and oxygen atoms in total. The molecule has 1 N–H and O–H groups in total. The number of hydrogen-bond donors (Lipinski definition) is 1. The van der Waals surface area contributed by atoms with Crippen molar-refractivity contribution in [1.29, 1.82) is 0 Å². The van der Waals surface area contributed by atoms with E-state index in [0.717, 1.165) is 6.42 Å². The summed E-state index contributed by atoms with van der Waals surface area (Å²) in [5, 5.41) is 20.5. The molecule has 1 saturated carbocycles. The van der Waals surface area contributed by atoms with Gasteiger partial charge in [0.2, 0.25) is 0 Å². The second kappa shape index (κ2) is 4.52. The summed E-state index contributed by atoms with van der Waals surface area (Å²) in [6.45, 7) is 0. The Kier molecular flexibility index (Phi) is 2.93. The largest absolute Gasteiger partial charge is 0.479 e. The average Bonchev–Trinajstić information content (AvgIpc) is 2.80. The number of aliphatic carboxylic acids is 1. The van der Waals surface area contributed by atoms with Crippen LogP contribution in [0.4, 0.5) is 4.39 Å². The molecule has 1 heterocycles. The van der Waals surface area contributed by atoms with Crippen LogP contribution in [0.3, 0.4) is 0 Å². The highest BCUT2D eigenvalue weighted by atomic mass is 35.5. The summed E-state index contributed by atoms with van der Waals surface area (Å²) in [6.07, 6.45) is 1.70. The van der Waals surface area contributed by atoms with Crippen LogP contribution in [-0.4, -0.2) is 31.3 Å². The molecule has 8 heteroatoms. The van der Waals surface area contributed by atoms with E-state index in [0.29, 0.717) is 18.4 Å². The number of halogens is 2. The molecule has 1 fully saturated rings. The van der Waals surface area contributed by atoms with Gasteiger partial charge in [-0.15, -0.1) is 5.10 Å². The Hall–Kier alpha value is -2.02. The van der Waals surface area contributed by atoms with E-state index < -0.39 is 17.3 Å². The molecule has 0 spiro atoms. The molecule has 0 radical (unpaired) electrons. The summed E-state index contributed by atoms with van der Waals surface area (Å²) in [6, 6.07) is 4.14. The predicted molar refractivity (Wildman–Crippen MR) is 67.7 cm³/mol. The summed E-state index contributed by atoms with van der Waals surface area (Å²) in [4.78, 5) is 11.5. The standard InChI is InChI=1S/C12H10ClFN4O2/c13-8-3-2-7(6-9(8)14)10-15-16-17-18(10)12(11(19)20)4-1-5-12/h2-3,6H,1,4-5H2,(H,19,20). The van der Waals surface area contributed by atoms with Crippen LogP contribution >= 0.6 is 11.6 Å². The molecular formula is C12H10ClFN4O2. The Morgan fingerprint density at radius 3 is 2.75 bits per heavy atom. The Bertz CT molecular complexity index is 684. The van der Waals surface area contributed by atoms with Gasteiger partial charge in [0.25, 0.3) is 0 Å². The maximum Gasteiger partial charge on any atom is 0.331 e. The fourth-order valence-corrected chi connectivity index (χ4v) is 2.44. The molecule has 0 unspecified atom stereocenters. The van der Waals surface area contributed by atoms with Crippen LogP contribution in [0.25, 0.3) is 11.4 Å². The van der Waals surface area contributed by atoms with Crippen LogP contribution in [0.15, 0.2) is 18.2 Å². The van der Waals surface area contributed by atoms with Gasteiger partial charge in [-0.3, -0.25) is 0 Å².